The van der Waals surface area contributed by atoms with E-state index in [2.05, 4.69) is 26.6 Å². The van der Waals surface area contributed by atoms with Gasteiger partial charge in [-0.1, -0.05) is 40.2 Å². The number of hydrogen-bond donors (Lipinski definition) is 2. The number of methoxy groups -OCH3 is 2. The van der Waals surface area contributed by atoms with Crippen molar-refractivity contribution < 1.29 is 28.7 Å². The van der Waals surface area contributed by atoms with Crippen LogP contribution in [0.1, 0.15) is 33.2 Å². The molecule has 5 rings (SSSR count). The lowest BCUT2D eigenvalue weighted by atomic mass is 10.0. The van der Waals surface area contributed by atoms with Gasteiger partial charge < -0.3 is 29.9 Å². The van der Waals surface area contributed by atoms with E-state index >= 15 is 0 Å². The topological polar surface area (TPSA) is 117 Å². The van der Waals surface area contributed by atoms with Crippen molar-refractivity contribution in [3.63, 3.8) is 0 Å². The van der Waals surface area contributed by atoms with Crippen LogP contribution in [-0.4, -0.2) is 63.6 Å². The second kappa shape index (κ2) is 13.5. The molecule has 0 saturated carbocycles. The van der Waals surface area contributed by atoms with Crippen molar-refractivity contribution in [3.8, 4) is 5.75 Å². The third-order valence-corrected chi connectivity index (χ3v) is 8.41. The average molecular weight is 674 g/mol. The van der Waals surface area contributed by atoms with E-state index in [1.54, 1.807) is 50.2 Å². The molecule has 0 fully saturated rings. The van der Waals surface area contributed by atoms with Crippen molar-refractivity contribution in [3.05, 3.63) is 100 Å². The molecule has 1 unspecified atom stereocenters. The number of para-hydroxylation sites is 2. The van der Waals surface area contributed by atoms with Gasteiger partial charge >= 0.3 is 5.97 Å². The number of hydrogen-bond acceptors (Lipinski definition) is 7. The number of esters is 1. The number of ether oxygens (including phenoxy) is 2. The normalized spacial score (nSPS) is 15.2. The van der Waals surface area contributed by atoms with Gasteiger partial charge in [0.05, 0.1) is 50.3 Å². The standard InChI is InChI=1S/C34H33BrN4O6/c1-20(36-2)31(40)37-27-19-39(32(41)21-9-11-22(12-10-21)34(43)45-4)29-8-6-5-7-28(29)38(33(27)42)18-26-25-15-14-24(35)17-23(25)13-16-30(26)44-3/h5-17,20,27,36H,18-19H2,1-4H3,(H,37,40)/t20-,27?/m0/s1. The first-order valence-corrected chi connectivity index (χ1v) is 15.1. The molecule has 0 saturated heterocycles. The van der Waals surface area contributed by atoms with E-state index < -0.39 is 24.0 Å². The predicted molar refractivity (Wildman–Crippen MR) is 176 cm³/mol. The molecule has 0 bridgehead atoms. The summed E-state index contributed by atoms with van der Waals surface area (Å²) in [6.45, 7) is 1.68. The van der Waals surface area contributed by atoms with Crippen LogP contribution in [-0.2, 0) is 20.9 Å². The fraction of sp³-hybridized carbons (Fsp3) is 0.235. The van der Waals surface area contributed by atoms with E-state index in [9.17, 15) is 19.2 Å². The lowest BCUT2D eigenvalue weighted by Gasteiger charge is -2.27. The molecule has 2 atom stereocenters. The van der Waals surface area contributed by atoms with E-state index in [4.69, 9.17) is 9.47 Å². The Kier molecular flexibility index (Phi) is 9.50. The second-order valence-electron chi connectivity index (χ2n) is 10.6. The predicted octanol–water partition coefficient (Wildman–Crippen LogP) is 4.68. The molecule has 10 nitrogen and oxygen atoms in total. The van der Waals surface area contributed by atoms with Gasteiger partial charge in [0.2, 0.25) is 5.91 Å². The zero-order valence-corrected chi connectivity index (χ0v) is 26.9. The molecule has 3 amide bonds. The van der Waals surface area contributed by atoms with Crippen molar-refractivity contribution in [2.45, 2.75) is 25.6 Å². The minimum absolute atomic E-state index is 0.113. The largest absolute Gasteiger partial charge is 0.496 e. The van der Waals surface area contributed by atoms with E-state index in [-0.39, 0.29) is 24.9 Å². The van der Waals surface area contributed by atoms with Gasteiger partial charge in [-0.2, -0.15) is 0 Å². The molecule has 2 N–H and O–H groups in total. The zero-order valence-electron chi connectivity index (χ0n) is 25.3. The number of halogens is 1. The van der Waals surface area contributed by atoms with Crippen LogP contribution in [0.4, 0.5) is 11.4 Å². The first kappa shape index (κ1) is 31.7. The van der Waals surface area contributed by atoms with Crippen LogP contribution in [0, 0.1) is 0 Å². The zero-order chi connectivity index (χ0) is 32.2. The summed E-state index contributed by atoms with van der Waals surface area (Å²) in [5, 5.41) is 7.61. The Morgan fingerprint density at radius 3 is 2.31 bits per heavy atom. The van der Waals surface area contributed by atoms with E-state index in [0.717, 1.165) is 20.8 Å². The number of benzene rings is 4. The van der Waals surface area contributed by atoms with Gasteiger partial charge in [0.25, 0.3) is 11.8 Å². The minimum atomic E-state index is -1.07. The summed E-state index contributed by atoms with van der Waals surface area (Å²) in [6.07, 6.45) is 0. The van der Waals surface area contributed by atoms with Gasteiger partial charge in [0, 0.05) is 15.6 Å². The first-order valence-electron chi connectivity index (χ1n) is 14.3. The summed E-state index contributed by atoms with van der Waals surface area (Å²) in [5.74, 6) is -1.09. The summed E-state index contributed by atoms with van der Waals surface area (Å²) in [7, 11) is 4.52. The highest BCUT2D eigenvalue weighted by molar-refractivity contribution is 9.10. The molecule has 0 aromatic heterocycles. The summed E-state index contributed by atoms with van der Waals surface area (Å²) in [6, 6.07) is 21.3. The molecule has 0 radical (unpaired) electrons. The van der Waals surface area contributed by atoms with Crippen LogP contribution in [0.2, 0.25) is 0 Å². The number of anilines is 2. The van der Waals surface area contributed by atoms with E-state index in [0.29, 0.717) is 28.3 Å². The first-order chi connectivity index (χ1) is 21.7. The molecule has 0 spiro atoms. The van der Waals surface area contributed by atoms with E-state index in [1.165, 1.54) is 36.3 Å². The smallest absolute Gasteiger partial charge is 0.337 e. The molecular formula is C34H33BrN4O6. The highest BCUT2D eigenvalue weighted by Crippen LogP contribution is 2.38. The van der Waals surface area contributed by atoms with Crippen molar-refractivity contribution in [1.29, 1.82) is 0 Å². The van der Waals surface area contributed by atoms with Gasteiger partial charge in [-0.3, -0.25) is 14.4 Å². The molecule has 1 heterocycles. The molecule has 0 aliphatic carbocycles. The van der Waals surface area contributed by atoms with E-state index in [1.807, 2.05) is 30.3 Å². The summed E-state index contributed by atoms with van der Waals surface area (Å²) in [5.41, 5.74) is 2.37. The highest BCUT2D eigenvalue weighted by atomic mass is 79.9. The number of rotatable bonds is 8. The fourth-order valence-electron chi connectivity index (χ4n) is 5.36. The number of fused-ring (bicyclic) bond motifs is 2. The van der Waals surface area contributed by atoms with Gasteiger partial charge in [0.1, 0.15) is 11.8 Å². The van der Waals surface area contributed by atoms with Crippen molar-refractivity contribution in [2.24, 2.45) is 0 Å². The third kappa shape index (κ3) is 6.40. The van der Waals surface area contributed by atoms with Crippen molar-refractivity contribution >= 4 is 61.8 Å². The molecule has 4 aromatic rings. The molecule has 11 heteroatoms. The maximum atomic E-state index is 14.5. The van der Waals surface area contributed by atoms with Crippen LogP contribution in [0.3, 0.4) is 0 Å². The molecule has 45 heavy (non-hydrogen) atoms. The average Bonchev–Trinajstić information content (AvgIpc) is 3.17. The highest BCUT2D eigenvalue weighted by Gasteiger charge is 2.38. The summed E-state index contributed by atoms with van der Waals surface area (Å²) >= 11 is 3.53. The monoisotopic (exact) mass is 672 g/mol. The summed E-state index contributed by atoms with van der Waals surface area (Å²) in [4.78, 5) is 56.7. The van der Waals surface area contributed by atoms with Crippen molar-refractivity contribution in [1.82, 2.24) is 10.6 Å². The number of carbonyl (C=O) groups excluding carboxylic acids is 4. The molecule has 1 aliphatic rings. The van der Waals surface area contributed by atoms with Crippen LogP contribution in [0.15, 0.2) is 83.3 Å². The fourth-order valence-corrected chi connectivity index (χ4v) is 5.74. The third-order valence-electron chi connectivity index (χ3n) is 7.92. The maximum absolute atomic E-state index is 14.5. The molecule has 4 aromatic carbocycles. The number of likely N-dealkylation sites (N-methyl/N-ethyl adjacent to an activating group) is 1. The van der Waals surface area contributed by atoms with Crippen LogP contribution >= 0.6 is 15.9 Å². The van der Waals surface area contributed by atoms with Crippen LogP contribution in [0.5, 0.6) is 5.75 Å². The van der Waals surface area contributed by atoms with Crippen LogP contribution in [0.25, 0.3) is 10.8 Å². The Hall–Kier alpha value is -4.74. The Bertz CT molecular complexity index is 1780. The maximum Gasteiger partial charge on any atom is 0.337 e. The van der Waals surface area contributed by atoms with Gasteiger partial charge in [-0.15, -0.1) is 0 Å². The number of nitrogens with one attached hydrogen (secondary N) is 2. The number of nitrogens with zero attached hydrogens (tertiary/aromatic N) is 2. The SMILES string of the molecule is CN[C@@H](C)C(=O)NC1CN(C(=O)c2ccc(C(=O)OC)cc2)c2ccccc2N(Cc2c(OC)ccc3cc(Br)ccc23)C1=O. The quantitative estimate of drug-likeness (QED) is 0.261. The molecule has 1 aliphatic heterocycles. The number of amides is 3. The van der Waals surface area contributed by atoms with Gasteiger partial charge in [0.15, 0.2) is 0 Å². The Morgan fingerprint density at radius 2 is 1.64 bits per heavy atom. The molecule has 232 valence electrons. The van der Waals surface area contributed by atoms with Crippen LogP contribution < -0.4 is 25.2 Å². The lowest BCUT2D eigenvalue weighted by Crippen LogP contribution is -2.55. The summed E-state index contributed by atoms with van der Waals surface area (Å²) < 4.78 is 11.4. The van der Waals surface area contributed by atoms with Gasteiger partial charge in [-0.25, -0.2) is 4.79 Å². The Morgan fingerprint density at radius 1 is 0.956 bits per heavy atom. The second-order valence-corrected chi connectivity index (χ2v) is 11.5. The Balaban J connectivity index is 1.63. The van der Waals surface area contributed by atoms with Crippen molar-refractivity contribution in [2.75, 3.05) is 37.6 Å². The molecular weight excluding hydrogens is 640 g/mol. The minimum Gasteiger partial charge on any atom is -0.496 e. The Labute approximate surface area is 269 Å². The van der Waals surface area contributed by atoms with Gasteiger partial charge in [-0.05, 0) is 79.3 Å². The number of carbonyl (C=O) groups is 4. The lowest BCUT2D eigenvalue weighted by molar-refractivity contribution is -0.128.